The summed E-state index contributed by atoms with van der Waals surface area (Å²) >= 11 is 5.97. The first-order chi connectivity index (χ1) is 8.08. The maximum Gasteiger partial charge on any atom is 0.172 e. The molecule has 0 fully saturated rings. The second kappa shape index (κ2) is 4.80. The molecule has 1 heterocycles. The molecule has 0 saturated carbocycles. The van der Waals surface area contributed by atoms with Gasteiger partial charge >= 0.3 is 0 Å². The lowest BCUT2D eigenvalue weighted by Crippen LogP contribution is -1.98. The Hall–Kier alpha value is -1.48. The number of rotatable bonds is 3. The second-order valence-corrected chi connectivity index (χ2v) is 4.92. The van der Waals surface area contributed by atoms with Gasteiger partial charge in [0, 0.05) is 16.1 Å². The van der Waals surface area contributed by atoms with Gasteiger partial charge in [0.15, 0.2) is 11.6 Å². The van der Waals surface area contributed by atoms with Crippen LogP contribution in [0.15, 0.2) is 28.8 Å². The molecule has 0 bridgehead atoms. The SMILES string of the molecule is CC(C)Cc1c(N)noc1-c1cccc(Cl)c1. The predicted molar refractivity (Wildman–Crippen MR) is 69.9 cm³/mol. The summed E-state index contributed by atoms with van der Waals surface area (Å²) < 4.78 is 5.30. The normalized spacial score (nSPS) is 11.1. The van der Waals surface area contributed by atoms with Crippen molar-refractivity contribution in [3.05, 3.63) is 34.9 Å². The molecule has 0 amide bonds. The summed E-state index contributed by atoms with van der Waals surface area (Å²) in [6.07, 6.45) is 0.844. The summed E-state index contributed by atoms with van der Waals surface area (Å²) in [4.78, 5) is 0. The van der Waals surface area contributed by atoms with Crippen LogP contribution in [0.25, 0.3) is 11.3 Å². The van der Waals surface area contributed by atoms with Gasteiger partial charge in [-0.25, -0.2) is 0 Å². The van der Waals surface area contributed by atoms with Crippen LogP contribution in [0.2, 0.25) is 5.02 Å². The molecule has 1 aromatic carbocycles. The molecule has 0 radical (unpaired) electrons. The molecule has 4 heteroatoms. The molecule has 17 heavy (non-hydrogen) atoms. The first-order valence-electron chi connectivity index (χ1n) is 5.58. The van der Waals surface area contributed by atoms with E-state index >= 15 is 0 Å². The van der Waals surface area contributed by atoms with E-state index in [-0.39, 0.29) is 0 Å². The summed E-state index contributed by atoms with van der Waals surface area (Å²) in [6.45, 7) is 4.27. The van der Waals surface area contributed by atoms with Gasteiger partial charge in [-0.2, -0.15) is 0 Å². The zero-order valence-electron chi connectivity index (χ0n) is 9.90. The van der Waals surface area contributed by atoms with Gasteiger partial charge in [0.25, 0.3) is 0 Å². The van der Waals surface area contributed by atoms with E-state index in [9.17, 15) is 0 Å². The minimum absolute atomic E-state index is 0.466. The highest BCUT2D eigenvalue weighted by Crippen LogP contribution is 2.31. The van der Waals surface area contributed by atoms with E-state index in [4.69, 9.17) is 21.9 Å². The Balaban J connectivity index is 2.45. The molecular weight excluding hydrogens is 236 g/mol. The molecule has 0 unspecified atom stereocenters. The molecule has 2 rings (SSSR count). The van der Waals surface area contributed by atoms with Crippen molar-refractivity contribution in [1.82, 2.24) is 5.16 Å². The Morgan fingerprint density at radius 1 is 1.41 bits per heavy atom. The van der Waals surface area contributed by atoms with E-state index in [2.05, 4.69) is 19.0 Å². The van der Waals surface area contributed by atoms with E-state index in [0.29, 0.717) is 16.8 Å². The first kappa shape index (κ1) is 12.0. The van der Waals surface area contributed by atoms with E-state index in [1.807, 2.05) is 24.3 Å². The lowest BCUT2D eigenvalue weighted by atomic mass is 10.00. The molecule has 2 aromatic rings. The second-order valence-electron chi connectivity index (χ2n) is 4.48. The quantitative estimate of drug-likeness (QED) is 0.902. The van der Waals surface area contributed by atoms with Crippen molar-refractivity contribution in [2.75, 3.05) is 5.73 Å². The van der Waals surface area contributed by atoms with Crippen LogP contribution in [0.4, 0.5) is 5.82 Å². The molecule has 0 saturated heterocycles. The van der Waals surface area contributed by atoms with Crippen LogP contribution in [0.5, 0.6) is 0 Å². The predicted octanol–water partition coefficient (Wildman–Crippen LogP) is 3.78. The van der Waals surface area contributed by atoms with Crippen LogP contribution in [0, 0.1) is 5.92 Å². The Morgan fingerprint density at radius 2 is 2.18 bits per heavy atom. The molecular formula is C13H15ClN2O. The fraction of sp³-hybridized carbons (Fsp3) is 0.308. The molecule has 90 valence electrons. The average Bonchev–Trinajstić information content (AvgIpc) is 2.60. The molecule has 0 atom stereocenters. The van der Waals surface area contributed by atoms with Crippen LogP contribution in [0.1, 0.15) is 19.4 Å². The third-order valence-corrected chi connectivity index (χ3v) is 2.75. The van der Waals surface area contributed by atoms with Gasteiger partial charge in [-0.05, 0) is 24.5 Å². The van der Waals surface area contributed by atoms with Crippen molar-refractivity contribution >= 4 is 17.4 Å². The minimum atomic E-state index is 0.466. The standard InChI is InChI=1S/C13H15ClN2O/c1-8(2)6-11-12(17-16-13(11)15)9-4-3-5-10(14)7-9/h3-5,7-8H,6H2,1-2H3,(H2,15,16). The third kappa shape index (κ3) is 2.61. The molecule has 0 spiro atoms. The van der Waals surface area contributed by atoms with Gasteiger partial charge in [-0.1, -0.05) is 42.7 Å². The fourth-order valence-corrected chi connectivity index (χ4v) is 1.97. The highest BCUT2D eigenvalue weighted by atomic mass is 35.5. The summed E-state index contributed by atoms with van der Waals surface area (Å²) in [6, 6.07) is 7.50. The molecule has 3 nitrogen and oxygen atoms in total. The number of halogens is 1. The monoisotopic (exact) mass is 250 g/mol. The minimum Gasteiger partial charge on any atom is -0.381 e. The zero-order chi connectivity index (χ0) is 12.4. The number of anilines is 1. The van der Waals surface area contributed by atoms with E-state index in [1.54, 1.807) is 0 Å². The number of benzene rings is 1. The van der Waals surface area contributed by atoms with Gasteiger partial charge in [0.05, 0.1) is 0 Å². The first-order valence-corrected chi connectivity index (χ1v) is 5.95. The molecule has 0 aliphatic carbocycles. The Bertz CT molecular complexity index is 520. The number of nitrogens with two attached hydrogens (primary N) is 1. The fourth-order valence-electron chi connectivity index (χ4n) is 1.78. The maximum atomic E-state index is 5.97. The van der Waals surface area contributed by atoms with E-state index < -0.39 is 0 Å². The molecule has 0 aliphatic rings. The topological polar surface area (TPSA) is 52.0 Å². The summed E-state index contributed by atoms with van der Waals surface area (Å²) in [5, 5.41) is 4.51. The van der Waals surface area contributed by atoms with Crippen LogP contribution in [-0.4, -0.2) is 5.16 Å². The van der Waals surface area contributed by atoms with Crippen molar-refractivity contribution in [2.45, 2.75) is 20.3 Å². The molecule has 0 aliphatic heterocycles. The largest absolute Gasteiger partial charge is 0.381 e. The van der Waals surface area contributed by atoms with Gasteiger partial charge in [-0.15, -0.1) is 0 Å². The Labute approximate surface area is 106 Å². The van der Waals surface area contributed by atoms with Gasteiger partial charge in [0.1, 0.15) is 0 Å². The highest BCUT2D eigenvalue weighted by molar-refractivity contribution is 6.30. The van der Waals surface area contributed by atoms with Crippen LogP contribution in [0.3, 0.4) is 0 Å². The number of hydrogen-bond donors (Lipinski definition) is 1. The lowest BCUT2D eigenvalue weighted by molar-refractivity contribution is 0.434. The van der Waals surface area contributed by atoms with Crippen LogP contribution < -0.4 is 5.73 Å². The summed E-state index contributed by atoms with van der Waals surface area (Å²) in [5.74, 6) is 1.68. The van der Waals surface area contributed by atoms with Crippen molar-refractivity contribution < 1.29 is 4.52 Å². The lowest BCUT2D eigenvalue weighted by Gasteiger charge is -2.05. The van der Waals surface area contributed by atoms with Gasteiger partial charge < -0.3 is 10.3 Å². The number of hydrogen-bond acceptors (Lipinski definition) is 3. The van der Waals surface area contributed by atoms with E-state index in [1.165, 1.54) is 0 Å². The van der Waals surface area contributed by atoms with Gasteiger partial charge in [-0.3, -0.25) is 0 Å². The van der Waals surface area contributed by atoms with Gasteiger partial charge in [0.2, 0.25) is 0 Å². The molecule has 2 N–H and O–H groups in total. The van der Waals surface area contributed by atoms with Crippen LogP contribution in [-0.2, 0) is 6.42 Å². The smallest absolute Gasteiger partial charge is 0.172 e. The van der Waals surface area contributed by atoms with Crippen molar-refractivity contribution in [2.24, 2.45) is 5.92 Å². The summed E-state index contributed by atoms with van der Waals surface area (Å²) in [7, 11) is 0. The number of aromatic nitrogens is 1. The average molecular weight is 251 g/mol. The maximum absolute atomic E-state index is 5.97. The highest BCUT2D eigenvalue weighted by Gasteiger charge is 2.16. The van der Waals surface area contributed by atoms with E-state index in [0.717, 1.165) is 23.3 Å². The molecule has 1 aromatic heterocycles. The third-order valence-electron chi connectivity index (χ3n) is 2.52. The number of nitrogens with zero attached hydrogens (tertiary/aromatic N) is 1. The summed E-state index contributed by atoms with van der Waals surface area (Å²) in [5.41, 5.74) is 7.70. The Kier molecular flexibility index (Phi) is 3.38. The number of nitrogen functional groups attached to an aromatic ring is 1. The Morgan fingerprint density at radius 3 is 2.82 bits per heavy atom. The van der Waals surface area contributed by atoms with Crippen LogP contribution >= 0.6 is 11.6 Å². The van der Waals surface area contributed by atoms with Crippen molar-refractivity contribution in [3.8, 4) is 11.3 Å². The zero-order valence-corrected chi connectivity index (χ0v) is 10.7. The van der Waals surface area contributed by atoms with Crippen molar-refractivity contribution in [3.63, 3.8) is 0 Å². The van der Waals surface area contributed by atoms with Crippen molar-refractivity contribution in [1.29, 1.82) is 0 Å².